The van der Waals surface area contributed by atoms with Gasteiger partial charge in [0.2, 0.25) is 0 Å². The molecule has 3 rings (SSSR count). The minimum atomic E-state index is -0.446. The summed E-state index contributed by atoms with van der Waals surface area (Å²) in [6.45, 7) is 6.08. The molecule has 2 aliphatic heterocycles. The second-order valence-corrected chi connectivity index (χ2v) is 7.89. The van der Waals surface area contributed by atoms with Crippen molar-refractivity contribution >= 4 is 23.2 Å². The Morgan fingerprint density at radius 2 is 2.14 bits per heavy atom. The summed E-state index contributed by atoms with van der Waals surface area (Å²) in [4.78, 5) is 15.1. The number of nitrogen functional groups attached to an aromatic ring is 1. The molecular formula is C20H30ClN3O4. The van der Waals surface area contributed by atoms with Gasteiger partial charge in [0.05, 0.1) is 30.6 Å². The number of nitrogens with zero attached hydrogens (tertiary/aromatic N) is 1. The number of fused-ring (bicyclic) bond motifs is 1. The van der Waals surface area contributed by atoms with E-state index >= 15 is 0 Å². The van der Waals surface area contributed by atoms with E-state index in [9.17, 15) is 9.90 Å². The third kappa shape index (κ3) is 4.82. The Morgan fingerprint density at radius 1 is 1.39 bits per heavy atom. The molecule has 1 fully saturated rings. The number of rotatable bonds is 6. The number of β-amino-alcohol motifs (C(OH)–C–C–N with tert-alkyl or cyclic N) is 1. The van der Waals surface area contributed by atoms with Crippen molar-refractivity contribution in [2.75, 3.05) is 45.1 Å². The number of ether oxygens (including phenoxy) is 2. The first-order chi connectivity index (χ1) is 13.5. The molecule has 7 nitrogen and oxygen atoms in total. The highest BCUT2D eigenvalue weighted by Crippen LogP contribution is 2.43. The average molecular weight is 412 g/mol. The fraction of sp³-hybridized carbons (Fsp3) is 0.650. The molecule has 1 saturated heterocycles. The van der Waals surface area contributed by atoms with Gasteiger partial charge >= 0.3 is 0 Å². The lowest BCUT2D eigenvalue weighted by atomic mass is 9.93. The maximum absolute atomic E-state index is 12.8. The van der Waals surface area contributed by atoms with E-state index in [0.29, 0.717) is 49.8 Å². The van der Waals surface area contributed by atoms with Crippen molar-refractivity contribution in [2.24, 2.45) is 5.92 Å². The summed E-state index contributed by atoms with van der Waals surface area (Å²) in [6, 6.07) is 1.52. The third-order valence-corrected chi connectivity index (χ3v) is 5.78. The van der Waals surface area contributed by atoms with Crippen LogP contribution in [-0.2, 0) is 0 Å². The second kappa shape index (κ2) is 9.67. The standard InChI is InChI=1S/C20H30ClN3O4/c1-2-3-6-24-7-5-13(16(25)12-24)11-23-20(26)14-10-15(22)17(21)19-18(14)27-8-4-9-28-19/h10,13,16,25H,2-9,11-12,22H2,1H3,(H,23,26)/t13-,16?/m0/s1. The minimum Gasteiger partial charge on any atom is -0.489 e. The molecule has 0 spiro atoms. The largest absolute Gasteiger partial charge is 0.489 e. The SMILES string of the molecule is CCCCN1CC[C@@H](CNC(=O)c2cc(N)c(Cl)c3c2OCCCO3)C(O)C1. The molecule has 156 valence electrons. The van der Waals surface area contributed by atoms with E-state index in [1.807, 2.05) is 0 Å². The third-order valence-electron chi connectivity index (χ3n) is 5.39. The monoisotopic (exact) mass is 411 g/mol. The summed E-state index contributed by atoms with van der Waals surface area (Å²) >= 11 is 6.23. The van der Waals surface area contributed by atoms with Crippen LogP contribution < -0.4 is 20.5 Å². The van der Waals surface area contributed by atoms with E-state index in [1.54, 1.807) is 0 Å². The molecule has 2 atom stereocenters. The van der Waals surface area contributed by atoms with Gasteiger partial charge in [-0.25, -0.2) is 0 Å². The van der Waals surface area contributed by atoms with Crippen LogP contribution in [0.3, 0.4) is 0 Å². The Morgan fingerprint density at radius 3 is 2.86 bits per heavy atom. The molecule has 2 heterocycles. The molecule has 0 aromatic heterocycles. The first-order valence-corrected chi connectivity index (χ1v) is 10.4. The van der Waals surface area contributed by atoms with Crippen molar-refractivity contribution in [3.05, 3.63) is 16.7 Å². The molecule has 1 aromatic rings. The summed E-state index contributed by atoms with van der Waals surface area (Å²) in [5.41, 5.74) is 6.55. The maximum atomic E-state index is 12.8. The average Bonchev–Trinajstić information content (AvgIpc) is 2.94. The van der Waals surface area contributed by atoms with Gasteiger partial charge in [-0.3, -0.25) is 4.79 Å². The Labute approximate surface area is 171 Å². The van der Waals surface area contributed by atoms with Crippen LogP contribution in [0, 0.1) is 5.92 Å². The number of aliphatic hydroxyl groups is 1. The molecular weight excluding hydrogens is 382 g/mol. The van der Waals surface area contributed by atoms with Crippen LogP contribution in [0.4, 0.5) is 5.69 Å². The normalized spacial score (nSPS) is 22.5. The summed E-state index contributed by atoms with van der Waals surface area (Å²) in [5.74, 6) is 0.394. The quantitative estimate of drug-likeness (QED) is 0.621. The minimum absolute atomic E-state index is 0.0299. The van der Waals surface area contributed by atoms with E-state index < -0.39 is 6.10 Å². The Hall–Kier alpha value is -1.70. The number of nitrogens with one attached hydrogen (secondary N) is 1. The number of benzene rings is 1. The molecule has 1 unspecified atom stereocenters. The summed E-state index contributed by atoms with van der Waals surface area (Å²) in [5, 5.41) is 13.6. The second-order valence-electron chi connectivity index (χ2n) is 7.52. The van der Waals surface area contributed by atoms with E-state index in [-0.39, 0.29) is 22.5 Å². The fourth-order valence-electron chi connectivity index (χ4n) is 3.67. The van der Waals surface area contributed by atoms with Crippen molar-refractivity contribution in [3.8, 4) is 11.5 Å². The van der Waals surface area contributed by atoms with E-state index in [1.165, 1.54) is 6.07 Å². The van der Waals surface area contributed by atoms with Crippen LogP contribution in [0.15, 0.2) is 6.07 Å². The summed E-state index contributed by atoms with van der Waals surface area (Å²) < 4.78 is 11.4. The van der Waals surface area contributed by atoms with E-state index in [0.717, 1.165) is 32.4 Å². The predicted octanol–water partition coefficient (Wildman–Crippen LogP) is 2.30. The molecule has 4 N–H and O–H groups in total. The highest BCUT2D eigenvalue weighted by molar-refractivity contribution is 6.35. The smallest absolute Gasteiger partial charge is 0.255 e. The lowest BCUT2D eigenvalue weighted by Gasteiger charge is -2.36. The molecule has 0 aliphatic carbocycles. The fourth-order valence-corrected chi connectivity index (χ4v) is 3.87. The highest BCUT2D eigenvalue weighted by Gasteiger charge is 2.29. The van der Waals surface area contributed by atoms with Crippen LogP contribution in [0.1, 0.15) is 43.0 Å². The molecule has 1 aromatic carbocycles. The van der Waals surface area contributed by atoms with Crippen molar-refractivity contribution in [3.63, 3.8) is 0 Å². The van der Waals surface area contributed by atoms with Gasteiger partial charge in [-0.05, 0) is 32.0 Å². The number of aliphatic hydroxyl groups excluding tert-OH is 1. The zero-order valence-electron chi connectivity index (χ0n) is 16.4. The maximum Gasteiger partial charge on any atom is 0.255 e. The van der Waals surface area contributed by atoms with Crippen LogP contribution >= 0.6 is 11.6 Å². The van der Waals surface area contributed by atoms with E-state index in [2.05, 4.69) is 17.1 Å². The number of nitrogens with two attached hydrogens (primary N) is 1. The molecule has 0 saturated carbocycles. The molecule has 0 radical (unpaired) electrons. The number of hydrogen-bond donors (Lipinski definition) is 3. The van der Waals surface area contributed by atoms with Gasteiger partial charge in [0.1, 0.15) is 5.02 Å². The lowest BCUT2D eigenvalue weighted by molar-refractivity contribution is 0.0217. The van der Waals surface area contributed by atoms with Gasteiger partial charge in [-0.2, -0.15) is 0 Å². The highest BCUT2D eigenvalue weighted by atomic mass is 35.5. The van der Waals surface area contributed by atoms with Crippen LogP contribution in [-0.4, -0.2) is 61.4 Å². The Balaban J connectivity index is 1.63. The van der Waals surface area contributed by atoms with E-state index in [4.69, 9.17) is 26.8 Å². The van der Waals surface area contributed by atoms with Crippen LogP contribution in [0.25, 0.3) is 0 Å². The Kier molecular flexibility index (Phi) is 7.26. The number of carbonyl (C=O) groups excluding carboxylic acids is 1. The molecule has 2 aliphatic rings. The molecule has 1 amide bonds. The number of unbranched alkanes of at least 4 members (excludes halogenated alkanes) is 1. The van der Waals surface area contributed by atoms with Crippen molar-refractivity contribution < 1.29 is 19.4 Å². The van der Waals surface area contributed by atoms with Crippen molar-refractivity contribution in [1.29, 1.82) is 0 Å². The summed E-state index contributed by atoms with van der Waals surface area (Å²) in [7, 11) is 0. The number of hydrogen-bond acceptors (Lipinski definition) is 6. The van der Waals surface area contributed by atoms with Gasteiger partial charge in [-0.1, -0.05) is 24.9 Å². The van der Waals surface area contributed by atoms with Gasteiger partial charge in [0.15, 0.2) is 11.5 Å². The summed E-state index contributed by atoms with van der Waals surface area (Å²) in [6.07, 6.45) is 3.39. The van der Waals surface area contributed by atoms with Gasteiger partial charge < -0.3 is 30.5 Å². The number of likely N-dealkylation sites (tertiary alicyclic amines) is 1. The lowest BCUT2D eigenvalue weighted by Crippen LogP contribution is -2.47. The molecule has 0 bridgehead atoms. The molecule has 28 heavy (non-hydrogen) atoms. The van der Waals surface area contributed by atoms with Crippen LogP contribution in [0.5, 0.6) is 11.5 Å². The number of amides is 1. The van der Waals surface area contributed by atoms with Crippen LogP contribution in [0.2, 0.25) is 5.02 Å². The Bertz CT molecular complexity index is 701. The van der Waals surface area contributed by atoms with Gasteiger partial charge in [0, 0.05) is 25.4 Å². The van der Waals surface area contributed by atoms with Crippen molar-refractivity contribution in [1.82, 2.24) is 10.2 Å². The van der Waals surface area contributed by atoms with Gasteiger partial charge in [0.25, 0.3) is 5.91 Å². The number of carbonyl (C=O) groups is 1. The number of halogens is 1. The zero-order valence-corrected chi connectivity index (χ0v) is 17.1. The first-order valence-electron chi connectivity index (χ1n) is 10.1. The topological polar surface area (TPSA) is 97.1 Å². The first kappa shape index (κ1) is 21.0. The predicted molar refractivity (Wildman–Crippen MR) is 109 cm³/mol. The van der Waals surface area contributed by atoms with Gasteiger partial charge in [-0.15, -0.1) is 0 Å². The van der Waals surface area contributed by atoms with Crippen molar-refractivity contribution in [2.45, 2.75) is 38.7 Å². The number of anilines is 1. The zero-order chi connectivity index (χ0) is 20.1. The molecule has 8 heteroatoms. The number of piperidine rings is 1.